The van der Waals surface area contributed by atoms with E-state index in [9.17, 15) is 13.2 Å². The van der Waals surface area contributed by atoms with Gasteiger partial charge < -0.3 is 4.90 Å². The monoisotopic (exact) mass is 559 g/mol. The Bertz CT molecular complexity index is 1440. The van der Waals surface area contributed by atoms with Crippen molar-refractivity contribution in [2.24, 2.45) is 0 Å². The molecule has 4 aromatic rings. The number of anilines is 1. The van der Waals surface area contributed by atoms with Crippen molar-refractivity contribution in [3.8, 4) is 0 Å². The van der Waals surface area contributed by atoms with Gasteiger partial charge >= 0.3 is 0 Å². The molecule has 1 aliphatic heterocycles. The van der Waals surface area contributed by atoms with Crippen LogP contribution in [0.3, 0.4) is 0 Å². The van der Waals surface area contributed by atoms with Crippen LogP contribution in [0.15, 0.2) is 120 Å². The van der Waals surface area contributed by atoms with E-state index in [1.807, 2.05) is 36.4 Å². The molecular formula is C31H30ClN3O3S. The third-order valence-corrected chi connectivity index (χ3v) is 9.03. The number of rotatable bonds is 8. The van der Waals surface area contributed by atoms with Gasteiger partial charge in [-0.15, -0.1) is 0 Å². The number of carbonyl (C=O) groups is 1. The zero-order chi connectivity index (χ0) is 27.2. The van der Waals surface area contributed by atoms with Gasteiger partial charge in [0.1, 0.15) is 6.54 Å². The average Bonchev–Trinajstić information content (AvgIpc) is 2.98. The molecule has 4 aromatic carbocycles. The smallest absolute Gasteiger partial charge is 0.264 e. The minimum atomic E-state index is -3.96. The molecule has 5 rings (SSSR count). The number of amides is 1. The molecule has 0 saturated carbocycles. The molecule has 0 unspecified atom stereocenters. The maximum absolute atomic E-state index is 13.6. The standard InChI is InChI=1S/C31H30ClN3O3S/c32-27-16-18-28(19-17-27)35(39(37,38)29-14-8-3-9-15-29)24-30(36)33-20-22-34(23-21-33)31(25-10-4-1-5-11-25)26-12-6-2-7-13-26/h1-19,31H,20-24H2. The second-order valence-corrected chi connectivity index (χ2v) is 11.7. The van der Waals surface area contributed by atoms with Crippen LogP contribution in [-0.4, -0.2) is 56.8 Å². The summed E-state index contributed by atoms with van der Waals surface area (Å²) >= 11 is 6.06. The van der Waals surface area contributed by atoms with Gasteiger partial charge in [0.2, 0.25) is 5.91 Å². The van der Waals surface area contributed by atoms with Crippen molar-refractivity contribution >= 4 is 33.2 Å². The van der Waals surface area contributed by atoms with Gasteiger partial charge in [0, 0.05) is 31.2 Å². The lowest BCUT2D eigenvalue weighted by Gasteiger charge is -2.40. The molecule has 0 aromatic heterocycles. The molecular weight excluding hydrogens is 530 g/mol. The maximum Gasteiger partial charge on any atom is 0.264 e. The van der Waals surface area contributed by atoms with Crippen LogP contribution in [0, 0.1) is 0 Å². The summed E-state index contributed by atoms with van der Waals surface area (Å²) in [6.45, 7) is 2.07. The summed E-state index contributed by atoms with van der Waals surface area (Å²) in [4.78, 5) is 17.8. The molecule has 0 aliphatic carbocycles. The number of nitrogens with zero attached hydrogens (tertiary/aromatic N) is 3. The summed E-state index contributed by atoms with van der Waals surface area (Å²) in [5.41, 5.74) is 2.79. The summed E-state index contributed by atoms with van der Waals surface area (Å²) in [5.74, 6) is -0.236. The molecule has 0 spiro atoms. The van der Waals surface area contributed by atoms with Crippen molar-refractivity contribution in [1.29, 1.82) is 0 Å². The Hall–Kier alpha value is -3.65. The molecule has 1 saturated heterocycles. The Morgan fingerprint density at radius 3 is 1.72 bits per heavy atom. The van der Waals surface area contributed by atoms with Crippen molar-refractivity contribution < 1.29 is 13.2 Å². The predicted octanol–water partition coefficient (Wildman–Crippen LogP) is 5.47. The van der Waals surface area contributed by atoms with Crippen molar-refractivity contribution in [1.82, 2.24) is 9.80 Å². The molecule has 6 nitrogen and oxygen atoms in total. The first-order valence-electron chi connectivity index (χ1n) is 12.9. The lowest BCUT2D eigenvalue weighted by atomic mass is 9.96. The van der Waals surface area contributed by atoms with Crippen LogP contribution in [0.5, 0.6) is 0 Å². The van der Waals surface area contributed by atoms with Crippen LogP contribution in [0.1, 0.15) is 17.2 Å². The number of halogens is 1. The van der Waals surface area contributed by atoms with Crippen molar-refractivity contribution in [2.45, 2.75) is 10.9 Å². The van der Waals surface area contributed by atoms with E-state index in [0.717, 1.165) is 0 Å². The van der Waals surface area contributed by atoms with Gasteiger partial charge in [-0.05, 0) is 47.5 Å². The molecule has 0 N–H and O–H groups in total. The van der Waals surface area contributed by atoms with Crippen LogP contribution in [-0.2, 0) is 14.8 Å². The molecule has 0 bridgehead atoms. The summed E-state index contributed by atoms with van der Waals surface area (Å²) in [6, 6.07) is 35.5. The summed E-state index contributed by atoms with van der Waals surface area (Å²) in [6.07, 6.45) is 0. The molecule has 1 heterocycles. The molecule has 1 amide bonds. The van der Waals surface area contributed by atoms with E-state index < -0.39 is 10.0 Å². The van der Waals surface area contributed by atoms with Gasteiger partial charge in [-0.1, -0.05) is 90.5 Å². The normalized spacial score (nSPS) is 14.4. The Morgan fingerprint density at radius 1 is 0.718 bits per heavy atom. The third kappa shape index (κ3) is 6.17. The third-order valence-electron chi connectivity index (χ3n) is 6.99. The van der Waals surface area contributed by atoms with Crippen LogP contribution in [0.4, 0.5) is 5.69 Å². The zero-order valence-corrected chi connectivity index (χ0v) is 23.0. The summed E-state index contributed by atoms with van der Waals surface area (Å²) in [7, 11) is -3.96. The fraction of sp³-hybridized carbons (Fsp3) is 0.194. The zero-order valence-electron chi connectivity index (χ0n) is 21.4. The highest BCUT2D eigenvalue weighted by Crippen LogP contribution is 2.30. The average molecular weight is 560 g/mol. The minimum absolute atomic E-state index is 0.0775. The molecule has 39 heavy (non-hydrogen) atoms. The Kier molecular flexibility index (Phi) is 8.31. The Balaban J connectivity index is 1.34. The van der Waals surface area contributed by atoms with Crippen molar-refractivity contribution in [3.05, 3.63) is 131 Å². The van der Waals surface area contributed by atoms with Gasteiger partial charge in [-0.3, -0.25) is 14.0 Å². The van der Waals surface area contributed by atoms with E-state index in [0.29, 0.717) is 36.9 Å². The molecule has 1 aliphatic rings. The molecule has 8 heteroatoms. The molecule has 0 radical (unpaired) electrons. The number of sulfonamides is 1. The highest BCUT2D eigenvalue weighted by atomic mass is 35.5. The van der Waals surface area contributed by atoms with Gasteiger partial charge in [0.05, 0.1) is 16.6 Å². The summed E-state index contributed by atoms with van der Waals surface area (Å²) < 4.78 is 28.4. The highest BCUT2D eigenvalue weighted by Gasteiger charge is 2.32. The number of hydrogen-bond acceptors (Lipinski definition) is 4. The van der Waals surface area contributed by atoms with E-state index in [2.05, 4.69) is 29.2 Å². The maximum atomic E-state index is 13.6. The largest absolute Gasteiger partial charge is 0.339 e. The highest BCUT2D eigenvalue weighted by molar-refractivity contribution is 7.92. The quantitative estimate of drug-likeness (QED) is 0.287. The molecule has 200 valence electrons. The van der Waals surface area contributed by atoms with E-state index in [1.165, 1.54) is 27.6 Å². The van der Waals surface area contributed by atoms with Crippen LogP contribution < -0.4 is 4.31 Å². The van der Waals surface area contributed by atoms with Gasteiger partial charge in [0.25, 0.3) is 10.0 Å². The topological polar surface area (TPSA) is 60.9 Å². The number of hydrogen-bond donors (Lipinski definition) is 0. The second-order valence-electron chi connectivity index (χ2n) is 9.44. The van der Waals surface area contributed by atoms with Crippen molar-refractivity contribution in [2.75, 3.05) is 37.0 Å². The first-order valence-corrected chi connectivity index (χ1v) is 14.7. The molecule has 0 atom stereocenters. The SMILES string of the molecule is O=C(CN(c1ccc(Cl)cc1)S(=O)(=O)c1ccccc1)N1CCN(C(c2ccccc2)c2ccccc2)CC1. The predicted molar refractivity (Wildman–Crippen MR) is 155 cm³/mol. The lowest BCUT2D eigenvalue weighted by Crippen LogP contribution is -2.52. The lowest BCUT2D eigenvalue weighted by molar-refractivity contribution is -0.131. The number of carbonyl (C=O) groups excluding carboxylic acids is 1. The van der Waals surface area contributed by atoms with Crippen molar-refractivity contribution in [3.63, 3.8) is 0 Å². The first-order chi connectivity index (χ1) is 18.9. The van der Waals surface area contributed by atoms with Gasteiger partial charge in [-0.2, -0.15) is 0 Å². The van der Waals surface area contributed by atoms with Crippen LogP contribution >= 0.6 is 11.6 Å². The fourth-order valence-corrected chi connectivity index (χ4v) is 6.54. The van der Waals surface area contributed by atoms with Crippen LogP contribution in [0.2, 0.25) is 5.02 Å². The van der Waals surface area contributed by atoms with E-state index >= 15 is 0 Å². The Morgan fingerprint density at radius 2 is 1.21 bits per heavy atom. The Labute approximate surface area is 235 Å². The van der Waals surface area contributed by atoms with E-state index in [-0.39, 0.29) is 23.4 Å². The first kappa shape index (κ1) is 26.9. The summed E-state index contributed by atoms with van der Waals surface area (Å²) in [5, 5.41) is 0.490. The fourth-order valence-electron chi connectivity index (χ4n) is 4.98. The second kappa shape index (κ2) is 12.0. The van der Waals surface area contributed by atoms with Gasteiger partial charge in [0.15, 0.2) is 0 Å². The number of piperazine rings is 1. The van der Waals surface area contributed by atoms with E-state index in [4.69, 9.17) is 11.6 Å². The van der Waals surface area contributed by atoms with Gasteiger partial charge in [-0.25, -0.2) is 8.42 Å². The van der Waals surface area contributed by atoms with E-state index in [1.54, 1.807) is 47.4 Å². The molecule has 1 fully saturated rings. The van der Waals surface area contributed by atoms with Crippen LogP contribution in [0.25, 0.3) is 0 Å². The number of benzene rings is 4. The minimum Gasteiger partial charge on any atom is -0.339 e.